The van der Waals surface area contributed by atoms with E-state index in [9.17, 15) is 14.4 Å². The Morgan fingerprint density at radius 2 is 0.537 bits per heavy atom. The molecular formula is C61H114O6. The molecule has 1 unspecified atom stereocenters. The molecule has 0 aliphatic carbocycles. The summed E-state index contributed by atoms with van der Waals surface area (Å²) in [6, 6.07) is 0. The fourth-order valence-corrected chi connectivity index (χ4v) is 8.95. The lowest BCUT2D eigenvalue weighted by molar-refractivity contribution is -0.167. The Labute approximate surface area is 417 Å². The third-order valence-electron chi connectivity index (χ3n) is 13.5. The molecule has 0 aromatic carbocycles. The van der Waals surface area contributed by atoms with E-state index in [4.69, 9.17) is 14.2 Å². The third kappa shape index (κ3) is 54.7. The highest BCUT2D eigenvalue weighted by Crippen LogP contribution is 2.17. The smallest absolute Gasteiger partial charge is 0.306 e. The van der Waals surface area contributed by atoms with Crippen molar-refractivity contribution in [2.24, 2.45) is 0 Å². The molecule has 6 heteroatoms. The van der Waals surface area contributed by atoms with Crippen LogP contribution in [0.2, 0.25) is 0 Å². The fraction of sp³-hybridized carbons (Fsp3) is 0.885. The number of carbonyl (C=O) groups is 3. The van der Waals surface area contributed by atoms with E-state index in [-0.39, 0.29) is 31.1 Å². The molecule has 0 heterocycles. The summed E-state index contributed by atoms with van der Waals surface area (Å²) in [5, 5.41) is 0. The van der Waals surface area contributed by atoms with Crippen LogP contribution in [0.3, 0.4) is 0 Å². The molecule has 0 radical (unpaired) electrons. The van der Waals surface area contributed by atoms with Crippen LogP contribution in [0.4, 0.5) is 0 Å². The van der Waals surface area contributed by atoms with Crippen LogP contribution >= 0.6 is 0 Å². The summed E-state index contributed by atoms with van der Waals surface area (Å²) in [5.41, 5.74) is 0. The minimum absolute atomic E-state index is 0.0713. The molecule has 0 fully saturated rings. The van der Waals surface area contributed by atoms with Crippen molar-refractivity contribution < 1.29 is 28.6 Å². The van der Waals surface area contributed by atoms with Gasteiger partial charge >= 0.3 is 17.9 Å². The summed E-state index contributed by atoms with van der Waals surface area (Å²) >= 11 is 0. The van der Waals surface area contributed by atoms with Gasteiger partial charge in [-0.1, -0.05) is 283 Å². The van der Waals surface area contributed by atoms with E-state index in [1.165, 1.54) is 212 Å². The fourth-order valence-electron chi connectivity index (χ4n) is 8.95. The highest BCUT2D eigenvalue weighted by atomic mass is 16.6. The second kappa shape index (κ2) is 56.5. The number of unbranched alkanes of at least 4 members (excludes halogenated alkanes) is 40. The Bertz CT molecular complexity index is 1080. The van der Waals surface area contributed by atoms with Crippen molar-refractivity contribution in [3.05, 3.63) is 24.3 Å². The quantitative estimate of drug-likeness (QED) is 0.0262. The van der Waals surface area contributed by atoms with E-state index < -0.39 is 6.10 Å². The summed E-state index contributed by atoms with van der Waals surface area (Å²) in [4.78, 5) is 38.2. The summed E-state index contributed by atoms with van der Waals surface area (Å²) in [5.74, 6) is -0.861. The molecule has 0 bridgehead atoms. The Hall–Kier alpha value is -2.11. The molecule has 0 aromatic heterocycles. The van der Waals surface area contributed by atoms with Gasteiger partial charge in [-0.2, -0.15) is 0 Å². The molecule has 0 amide bonds. The number of allylic oxidation sites excluding steroid dienone is 4. The van der Waals surface area contributed by atoms with Gasteiger partial charge in [0, 0.05) is 19.3 Å². The molecule has 0 saturated carbocycles. The van der Waals surface area contributed by atoms with Crippen molar-refractivity contribution in [1.82, 2.24) is 0 Å². The van der Waals surface area contributed by atoms with E-state index in [1.54, 1.807) is 0 Å². The van der Waals surface area contributed by atoms with Gasteiger partial charge in [0.1, 0.15) is 13.2 Å². The molecule has 0 aromatic rings. The molecule has 0 aliphatic rings. The maximum atomic E-state index is 12.9. The predicted octanol–water partition coefficient (Wildman–Crippen LogP) is 19.9. The van der Waals surface area contributed by atoms with E-state index in [0.29, 0.717) is 19.3 Å². The first-order valence-corrected chi connectivity index (χ1v) is 29.8. The van der Waals surface area contributed by atoms with Crippen molar-refractivity contribution in [2.45, 2.75) is 335 Å². The minimum atomic E-state index is -0.774. The lowest BCUT2D eigenvalue weighted by atomic mass is 10.0. The van der Waals surface area contributed by atoms with Gasteiger partial charge in [0.15, 0.2) is 6.10 Å². The molecule has 1 atom stereocenters. The van der Waals surface area contributed by atoms with Crippen LogP contribution in [0, 0.1) is 0 Å². The molecule has 0 spiro atoms. The first kappa shape index (κ1) is 64.9. The number of hydrogen-bond donors (Lipinski definition) is 0. The standard InChI is InChI=1S/C61H114O6/c1-4-7-10-13-16-19-22-25-28-30-31-34-36-39-42-45-48-51-54-60(63)66-57-58(56-65-59(62)53-50-47-44-41-38-35-32-27-24-21-18-15-12-9-6-3)67-61(64)55-52-49-46-43-40-37-33-29-26-23-20-17-14-11-8-5-2/h20,23,29,33,58H,4-19,21-22,24-28,30-32,34-57H2,1-3H3/b23-20-,33-29-. The maximum Gasteiger partial charge on any atom is 0.306 e. The molecule has 0 aliphatic heterocycles. The monoisotopic (exact) mass is 943 g/mol. The maximum absolute atomic E-state index is 12.9. The molecule has 394 valence electrons. The van der Waals surface area contributed by atoms with Crippen molar-refractivity contribution >= 4 is 17.9 Å². The molecule has 0 saturated heterocycles. The minimum Gasteiger partial charge on any atom is -0.462 e. The molecule has 67 heavy (non-hydrogen) atoms. The van der Waals surface area contributed by atoms with Crippen LogP contribution in [-0.2, 0) is 28.6 Å². The molecular weight excluding hydrogens is 829 g/mol. The number of ether oxygens (including phenoxy) is 3. The summed E-state index contributed by atoms with van der Waals surface area (Å²) in [7, 11) is 0. The van der Waals surface area contributed by atoms with Gasteiger partial charge in [-0.05, 0) is 51.4 Å². The summed E-state index contributed by atoms with van der Waals surface area (Å²) in [6.45, 7) is 6.67. The van der Waals surface area contributed by atoms with Crippen molar-refractivity contribution in [1.29, 1.82) is 0 Å². The zero-order valence-corrected chi connectivity index (χ0v) is 45.2. The second-order valence-electron chi connectivity index (χ2n) is 20.3. The highest BCUT2D eigenvalue weighted by molar-refractivity contribution is 5.71. The van der Waals surface area contributed by atoms with Crippen LogP contribution in [0.1, 0.15) is 329 Å². The average Bonchev–Trinajstić information content (AvgIpc) is 3.33. The zero-order chi connectivity index (χ0) is 48.6. The number of hydrogen-bond acceptors (Lipinski definition) is 6. The Balaban J connectivity index is 4.33. The van der Waals surface area contributed by atoms with Crippen molar-refractivity contribution in [2.75, 3.05) is 13.2 Å². The largest absolute Gasteiger partial charge is 0.462 e. The van der Waals surface area contributed by atoms with E-state index in [1.807, 2.05) is 0 Å². The average molecular weight is 944 g/mol. The van der Waals surface area contributed by atoms with Crippen LogP contribution in [-0.4, -0.2) is 37.2 Å². The van der Waals surface area contributed by atoms with Gasteiger partial charge in [-0.25, -0.2) is 0 Å². The van der Waals surface area contributed by atoms with Crippen molar-refractivity contribution in [3.8, 4) is 0 Å². The zero-order valence-electron chi connectivity index (χ0n) is 45.2. The van der Waals surface area contributed by atoms with E-state index in [2.05, 4.69) is 45.1 Å². The number of rotatable bonds is 55. The van der Waals surface area contributed by atoms with Crippen LogP contribution < -0.4 is 0 Å². The number of carbonyl (C=O) groups excluding carboxylic acids is 3. The van der Waals surface area contributed by atoms with E-state index in [0.717, 1.165) is 77.0 Å². The number of esters is 3. The lowest BCUT2D eigenvalue weighted by Gasteiger charge is -2.18. The Morgan fingerprint density at radius 3 is 0.836 bits per heavy atom. The topological polar surface area (TPSA) is 78.9 Å². The van der Waals surface area contributed by atoms with Crippen LogP contribution in [0.5, 0.6) is 0 Å². The van der Waals surface area contributed by atoms with Gasteiger partial charge in [0.2, 0.25) is 0 Å². The predicted molar refractivity (Wildman–Crippen MR) is 289 cm³/mol. The van der Waals surface area contributed by atoms with Crippen molar-refractivity contribution in [3.63, 3.8) is 0 Å². The molecule has 6 nitrogen and oxygen atoms in total. The van der Waals surface area contributed by atoms with Crippen LogP contribution in [0.15, 0.2) is 24.3 Å². The summed E-state index contributed by atoms with van der Waals surface area (Å²) < 4.78 is 16.9. The normalized spacial score (nSPS) is 12.1. The van der Waals surface area contributed by atoms with Gasteiger partial charge in [-0.15, -0.1) is 0 Å². The first-order chi connectivity index (χ1) is 33.0. The SMILES string of the molecule is CCCCCC/C=C\C/C=C\CCCCCCCC(=O)OC(COC(=O)CCCCCCCCCCCCCCCCC)COC(=O)CCCCCCCCCCCCCCCCCCCC. The summed E-state index contributed by atoms with van der Waals surface area (Å²) in [6.07, 6.45) is 65.9. The first-order valence-electron chi connectivity index (χ1n) is 29.8. The van der Waals surface area contributed by atoms with E-state index >= 15 is 0 Å². The van der Waals surface area contributed by atoms with Gasteiger partial charge < -0.3 is 14.2 Å². The van der Waals surface area contributed by atoms with Crippen LogP contribution in [0.25, 0.3) is 0 Å². The second-order valence-corrected chi connectivity index (χ2v) is 20.3. The molecule has 0 rings (SSSR count). The Kier molecular flexibility index (Phi) is 54.7. The third-order valence-corrected chi connectivity index (χ3v) is 13.5. The highest BCUT2D eigenvalue weighted by Gasteiger charge is 2.19. The lowest BCUT2D eigenvalue weighted by Crippen LogP contribution is -2.30. The molecule has 0 N–H and O–H groups in total. The van der Waals surface area contributed by atoms with Gasteiger partial charge in [0.25, 0.3) is 0 Å². The van der Waals surface area contributed by atoms with Gasteiger partial charge in [-0.3, -0.25) is 14.4 Å². The Morgan fingerprint density at radius 1 is 0.299 bits per heavy atom. The van der Waals surface area contributed by atoms with Gasteiger partial charge in [0.05, 0.1) is 0 Å².